The SMILES string of the molecule is Cc1noc(CCCNC(=O)c2ccc(Cl)c(S(=O)(=O)NCC3CCCO3)c2)n1. The van der Waals surface area contributed by atoms with Crippen molar-refractivity contribution < 1.29 is 22.5 Å². The Morgan fingerprint density at radius 2 is 2.21 bits per heavy atom. The summed E-state index contributed by atoms with van der Waals surface area (Å²) in [5, 5.41) is 6.50. The zero-order valence-electron chi connectivity index (χ0n) is 16.0. The van der Waals surface area contributed by atoms with E-state index < -0.39 is 10.0 Å². The van der Waals surface area contributed by atoms with Crippen molar-refractivity contribution in [1.29, 1.82) is 0 Å². The summed E-state index contributed by atoms with van der Waals surface area (Å²) in [6, 6.07) is 4.16. The van der Waals surface area contributed by atoms with Gasteiger partial charge in [0.05, 0.1) is 11.1 Å². The van der Waals surface area contributed by atoms with Gasteiger partial charge in [-0.2, -0.15) is 4.98 Å². The lowest BCUT2D eigenvalue weighted by Crippen LogP contribution is -2.32. The minimum atomic E-state index is -3.86. The first-order valence-electron chi connectivity index (χ1n) is 9.33. The summed E-state index contributed by atoms with van der Waals surface area (Å²) in [6.45, 7) is 2.91. The quantitative estimate of drug-likeness (QED) is 0.568. The molecule has 1 aromatic carbocycles. The number of hydrogen-bond donors (Lipinski definition) is 2. The van der Waals surface area contributed by atoms with E-state index in [1.54, 1.807) is 6.92 Å². The Morgan fingerprint density at radius 3 is 2.90 bits per heavy atom. The lowest BCUT2D eigenvalue weighted by Gasteiger charge is -2.13. The van der Waals surface area contributed by atoms with Crippen molar-refractivity contribution in [3.05, 3.63) is 40.5 Å². The molecule has 1 atom stereocenters. The zero-order chi connectivity index (χ0) is 20.9. The first kappa shape index (κ1) is 21.7. The van der Waals surface area contributed by atoms with E-state index in [2.05, 4.69) is 20.2 Å². The predicted molar refractivity (Wildman–Crippen MR) is 105 cm³/mol. The van der Waals surface area contributed by atoms with Gasteiger partial charge in [0.15, 0.2) is 5.82 Å². The number of hydrogen-bond acceptors (Lipinski definition) is 7. The highest BCUT2D eigenvalue weighted by atomic mass is 35.5. The van der Waals surface area contributed by atoms with Crippen LogP contribution in [0.4, 0.5) is 0 Å². The topological polar surface area (TPSA) is 123 Å². The van der Waals surface area contributed by atoms with E-state index in [1.807, 2.05) is 0 Å². The number of ether oxygens (including phenoxy) is 1. The fraction of sp³-hybridized carbons (Fsp3) is 0.500. The normalized spacial score (nSPS) is 16.8. The molecule has 1 amide bonds. The van der Waals surface area contributed by atoms with Crippen LogP contribution in [0.5, 0.6) is 0 Å². The van der Waals surface area contributed by atoms with Crippen molar-refractivity contribution in [1.82, 2.24) is 20.2 Å². The first-order chi connectivity index (χ1) is 13.8. The second-order valence-electron chi connectivity index (χ2n) is 6.73. The van der Waals surface area contributed by atoms with Crippen molar-refractivity contribution in [3.63, 3.8) is 0 Å². The molecule has 1 aromatic heterocycles. The molecule has 29 heavy (non-hydrogen) atoms. The standard InChI is InChI=1S/C18H23ClN4O5S/c1-12-22-17(28-23-12)5-2-8-20-18(24)13-6-7-15(19)16(10-13)29(25,26)21-11-14-4-3-9-27-14/h6-7,10,14,21H,2-5,8-9,11H2,1H3,(H,20,24). The van der Waals surface area contributed by atoms with Crippen LogP contribution in [-0.2, 0) is 21.2 Å². The van der Waals surface area contributed by atoms with E-state index >= 15 is 0 Å². The number of carbonyl (C=O) groups excluding carboxylic acids is 1. The lowest BCUT2D eigenvalue weighted by molar-refractivity contribution is 0.0952. The van der Waals surface area contributed by atoms with Crippen LogP contribution >= 0.6 is 11.6 Å². The molecule has 3 rings (SSSR count). The molecular formula is C18H23ClN4O5S. The minimum Gasteiger partial charge on any atom is -0.377 e. The van der Waals surface area contributed by atoms with E-state index in [-0.39, 0.29) is 34.0 Å². The highest BCUT2D eigenvalue weighted by Crippen LogP contribution is 2.23. The highest BCUT2D eigenvalue weighted by Gasteiger charge is 2.23. The molecule has 0 saturated carbocycles. The maximum absolute atomic E-state index is 12.6. The molecule has 2 N–H and O–H groups in total. The van der Waals surface area contributed by atoms with Crippen molar-refractivity contribution >= 4 is 27.5 Å². The van der Waals surface area contributed by atoms with Crippen LogP contribution < -0.4 is 10.0 Å². The highest BCUT2D eigenvalue weighted by molar-refractivity contribution is 7.89. The fourth-order valence-electron chi connectivity index (χ4n) is 2.92. The Balaban J connectivity index is 1.57. The molecule has 1 unspecified atom stereocenters. The third kappa shape index (κ3) is 5.99. The maximum Gasteiger partial charge on any atom is 0.251 e. The van der Waals surface area contributed by atoms with Gasteiger partial charge in [-0.1, -0.05) is 16.8 Å². The van der Waals surface area contributed by atoms with Crippen LogP contribution in [0.15, 0.2) is 27.6 Å². The molecule has 11 heteroatoms. The second-order valence-corrected chi connectivity index (χ2v) is 8.87. The van der Waals surface area contributed by atoms with Gasteiger partial charge < -0.3 is 14.6 Å². The molecule has 0 aliphatic carbocycles. The van der Waals surface area contributed by atoms with Crippen LogP contribution in [0.1, 0.15) is 41.3 Å². The van der Waals surface area contributed by atoms with Crippen molar-refractivity contribution in [2.75, 3.05) is 19.7 Å². The van der Waals surface area contributed by atoms with E-state index in [1.165, 1.54) is 18.2 Å². The van der Waals surface area contributed by atoms with Crippen molar-refractivity contribution in [2.24, 2.45) is 0 Å². The number of benzene rings is 1. The van der Waals surface area contributed by atoms with Crippen molar-refractivity contribution in [2.45, 2.75) is 43.6 Å². The van der Waals surface area contributed by atoms with Crippen LogP contribution in [0.2, 0.25) is 5.02 Å². The summed E-state index contributed by atoms with van der Waals surface area (Å²) in [6.07, 6.45) is 2.72. The van der Waals surface area contributed by atoms with Gasteiger partial charge in [0.1, 0.15) is 4.90 Å². The van der Waals surface area contributed by atoms with Crippen LogP contribution in [-0.4, -0.2) is 50.3 Å². The Morgan fingerprint density at radius 1 is 1.38 bits per heavy atom. The third-order valence-electron chi connectivity index (χ3n) is 4.43. The van der Waals surface area contributed by atoms with E-state index in [4.69, 9.17) is 20.9 Å². The largest absolute Gasteiger partial charge is 0.377 e. The Hall–Kier alpha value is -2.01. The molecule has 1 aliphatic heterocycles. The number of amides is 1. The molecule has 9 nitrogen and oxygen atoms in total. The molecule has 1 saturated heterocycles. The summed E-state index contributed by atoms with van der Waals surface area (Å²) in [5.41, 5.74) is 0.209. The number of sulfonamides is 1. The number of aryl methyl sites for hydroxylation is 2. The summed E-state index contributed by atoms with van der Waals surface area (Å²) >= 11 is 6.07. The number of nitrogens with zero attached hydrogens (tertiary/aromatic N) is 2. The van der Waals surface area contributed by atoms with Crippen LogP contribution in [0.25, 0.3) is 0 Å². The van der Waals surface area contributed by atoms with Gasteiger partial charge in [-0.05, 0) is 44.4 Å². The summed E-state index contributed by atoms with van der Waals surface area (Å²) in [4.78, 5) is 16.3. The minimum absolute atomic E-state index is 0.0492. The summed E-state index contributed by atoms with van der Waals surface area (Å²) in [7, 11) is -3.86. The molecular weight excluding hydrogens is 420 g/mol. The average molecular weight is 443 g/mol. The molecule has 0 bridgehead atoms. The molecule has 0 spiro atoms. The van der Waals surface area contributed by atoms with Gasteiger partial charge in [0, 0.05) is 31.7 Å². The van der Waals surface area contributed by atoms with Gasteiger partial charge >= 0.3 is 0 Å². The Kier molecular flexibility index (Phi) is 7.23. The summed E-state index contributed by atoms with van der Waals surface area (Å²) < 4.78 is 38.1. The predicted octanol–water partition coefficient (Wildman–Crippen LogP) is 1.85. The van der Waals surface area contributed by atoms with Crippen LogP contribution in [0.3, 0.4) is 0 Å². The molecule has 158 valence electrons. The lowest BCUT2D eigenvalue weighted by atomic mass is 10.2. The van der Waals surface area contributed by atoms with E-state index in [9.17, 15) is 13.2 Å². The van der Waals surface area contributed by atoms with Crippen LogP contribution in [0, 0.1) is 6.92 Å². The van der Waals surface area contributed by atoms with E-state index in [0.717, 1.165) is 12.8 Å². The van der Waals surface area contributed by atoms with Gasteiger partial charge in [0.25, 0.3) is 5.91 Å². The molecule has 2 heterocycles. The number of carbonyl (C=O) groups is 1. The fourth-order valence-corrected chi connectivity index (χ4v) is 4.51. The van der Waals surface area contributed by atoms with Crippen molar-refractivity contribution in [3.8, 4) is 0 Å². The average Bonchev–Trinajstić information content (AvgIpc) is 3.35. The maximum atomic E-state index is 12.6. The number of halogens is 1. The smallest absolute Gasteiger partial charge is 0.251 e. The van der Waals surface area contributed by atoms with Gasteiger partial charge in [-0.15, -0.1) is 0 Å². The van der Waals surface area contributed by atoms with E-state index in [0.29, 0.717) is 37.7 Å². The third-order valence-corrected chi connectivity index (χ3v) is 6.34. The molecule has 0 radical (unpaired) electrons. The Bertz CT molecular complexity index is 957. The number of nitrogens with one attached hydrogen (secondary N) is 2. The number of aromatic nitrogens is 2. The zero-order valence-corrected chi connectivity index (χ0v) is 17.6. The monoisotopic (exact) mass is 442 g/mol. The summed E-state index contributed by atoms with van der Waals surface area (Å²) in [5.74, 6) is 0.680. The first-order valence-corrected chi connectivity index (χ1v) is 11.2. The van der Waals surface area contributed by atoms with Gasteiger partial charge in [-0.25, -0.2) is 13.1 Å². The Labute approximate surface area is 174 Å². The molecule has 1 fully saturated rings. The van der Waals surface area contributed by atoms with Gasteiger partial charge in [-0.3, -0.25) is 4.79 Å². The van der Waals surface area contributed by atoms with Gasteiger partial charge in [0.2, 0.25) is 15.9 Å². The number of rotatable bonds is 9. The molecule has 2 aromatic rings. The second kappa shape index (κ2) is 9.66. The molecule has 1 aliphatic rings.